The summed E-state index contributed by atoms with van der Waals surface area (Å²) in [7, 11) is 0. The maximum atomic E-state index is 5.82. The highest BCUT2D eigenvalue weighted by atomic mass is 32.2. The number of benzene rings is 1. The average molecular weight is 258 g/mol. The van der Waals surface area contributed by atoms with Gasteiger partial charge >= 0.3 is 0 Å². The number of nitrogens with zero attached hydrogens (tertiary/aromatic N) is 1. The number of pyridine rings is 1. The molecule has 18 heavy (non-hydrogen) atoms. The SMILES string of the molecule is Cc1ccc(C)c(Sc2nccc(C)c2CN)c1. The van der Waals surface area contributed by atoms with E-state index in [1.54, 1.807) is 11.8 Å². The average Bonchev–Trinajstić information content (AvgIpc) is 2.34. The van der Waals surface area contributed by atoms with Crippen molar-refractivity contribution in [1.29, 1.82) is 0 Å². The van der Waals surface area contributed by atoms with E-state index in [4.69, 9.17) is 5.73 Å². The van der Waals surface area contributed by atoms with Gasteiger partial charge in [0.25, 0.3) is 0 Å². The van der Waals surface area contributed by atoms with Gasteiger partial charge in [0.05, 0.1) is 0 Å². The molecule has 0 amide bonds. The lowest BCUT2D eigenvalue weighted by atomic mass is 10.2. The Hall–Kier alpha value is -1.32. The molecule has 94 valence electrons. The van der Waals surface area contributed by atoms with Crippen molar-refractivity contribution in [2.75, 3.05) is 0 Å². The monoisotopic (exact) mass is 258 g/mol. The number of rotatable bonds is 3. The summed E-state index contributed by atoms with van der Waals surface area (Å²) >= 11 is 1.70. The Bertz CT molecular complexity index is 564. The van der Waals surface area contributed by atoms with Crippen LogP contribution < -0.4 is 5.73 Å². The summed E-state index contributed by atoms with van der Waals surface area (Å²) in [5.41, 5.74) is 10.7. The molecule has 0 aliphatic rings. The Morgan fingerprint density at radius 1 is 1.11 bits per heavy atom. The smallest absolute Gasteiger partial charge is 0.105 e. The summed E-state index contributed by atoms with van der Waals surface area (Å²) in [5, 5.41) is 1.02. The van der Waals surface area contributed by atoms with E-state index in [2.05, 4.69) is 44.0 Å². The highest BCUT2D eigenvalue weighted by Crippen LogP contribution is 2.32. The summed E-state index contributed by atoms with van der Waals surface area (Å²) < 4.78 is 0. The minimum Gasteiger partial charge on any atom is -0.326 e. The number of aromatic nitrogens is 1. The van der Waals surface area contributed by atoms with Crippen LogP contribution >= 0.6 is 11.8 Å². The van der Waals surface area contributed by atoms with E-state index < -0.39 is 0 Å². The molecule has 0 saturated carbocycles. The first-order valence-corrected chi connectivity index (χ1v) is 6.83. The van der Waals surface area contributed by atoms with Crippen molar-refractivity contribution in [3.8, 4) is 0 Å². The molecule has 3 heteroatoms. The molecule has 0 fully saturated rings. The molecule has 0 aliphatic carbocycles. The van der Waals surface area contributed by atoms with E-state index in [0.29, 0.717) is 6.54 Å². The van der Waals surface area contributed by atoms with Gasteiger partial charge in [-0.3, -0.25) is 0 Å². The molecule has 0 spiro atoms. The standard InChI is InChI=1S/C15H18N2S/c1-10-4-5-12(3)14(8-10)18-15-13(9-16)11(2)6-7-17-15/h4-8H,9,16H2,1-3H3. The van der Waals surface area contributed by atoms with Gasteiger partial charge in [0.15, 0.2) is 0 Å². The molecule has 1 aromatic carbocycles. The van der Waals surface area contributed by atoms with Crippen molar-refractivity contribution in [3.63, 3.8) is 0 Å². The first-order valence-electron chi connectivity index (χ1n) is 6.01. The van der Waals surface area contributed by atoms with Gasteiger partial charge in [-0.05, 0) is 49.6 Å². The van der Waals surface area contributed by atoms with Crippen LogP contribution in [0.4, 0.5) is 0 Å². The lowest BCUT2D eigenvalue weighted by molar-refractivity contribution is 0.942. The van der Waals surface area contributed by atoms with Crippen LogP contribution in [0.2, 0.25) is 0 Å². The summed E-state index contributed by atoms with van der Waals surface area (Å²) in [6.45, 7) is 6.85. The van der Waals surface area contributed by atoms with Gasteiger partial charge in [0, 0.05) is 23.2 Å². The number of hydrogen-bond acceptors (Lipinski definition) is 3. The summed E-state index contributed by atoms with van der Waals surface area (Å²) in [5.74, 6) is 0. The number of aryl methyl sites for hydroxylation is 3. The molecule has 0 atom stereocenters. The Morgan fingerprint density at radius 2 is 1.89 bits per heavy atom. The Labute approximate surface area is 113 Å². The van der Waals surface area contributed by atoms with Gasteiger partial charge < -0.3 is 5.73 Å². The van der Waals surface area contributed by atoms with Gasteiger partial charge in [-0.2, -0.15) is 0 Å². The minimum absolute atomic E-state index is 0.535. The molecule has 2 nitrogen and oxygen atoms in total. The van der Waals surface area contributed by atoms with E-state index in [9.17, 15) is 0 Å². The molecular weight excluding hydrogens is 240 g/mol. The fourth-order valence-electron chi connectivity index (χ4n) is 1.82. The van der Waals surface area contributed by atoms with Gasteiger partial charge in [0.1, 0.15) is 5.03 Å². The van der Waals surface area contributed by atoms with Crippen LogP contribution in [0.25, 0.3) is 0 Å². The van der Waals surface area contributed by atoms with Crippen LogP contribution in [0, 0.1) is 20.8 Å². The van der Waals surface area contributed by atoms with Crippen molar-refractivity contribution < 1.29 is 0 Å². The van der Waals surface area contributed by atoms with E-state index in [-0.39, 0.29) is 0 Å². The van der Waals surface area contributed by atoms with Crippen molar-refractivity contribution >= 4 is 11.8 Å². The van der Waals surface area contributed by atoms with Crippen LogP contribution in [-0.4, -0.2) is 4.98 Å². The Kier molecular flexibility index (Phi) is 4.04. The van der Waals surface area contributed by atoms with Gasteiger partial charge in [-0.1, -0.05) is 23.9 Å². The van der Waals surface area contributed by atoms with Gasteiger partial charge in [-0.25, -0.2) is 4.98 Å². The summed E-state index contributed by atoms with van der Waals surface area (Å²) in [6, 6.07) is 8.49. The molecule has 0 radical (unpaired) electrons. The topological polar surface area (TPSA) is 38.9 Å². The van der Waals surface area contributed by atoms with Crippen molar-refractivity contribution in [1.82, 2.24) is 4.98 Å². The van der Waals surface area contributed by atoms with Gasteiger partial charge in [-0.15, -0.1) is 0 Å². The van der Waals surface area contributed by atoms with Crippen LogP contribution in [0.15, 0.2) is 40.4 Å². The van der Waals surface area contributed by atoms with Gasteiger partial charge in [0.2, 0.25) is 0 Å². The van der Waals surface area contributed by atoms with Crippen molar-refractivity contribution in [2.45, 2.75) is 37.2 Å². The second kappa shape index (κ2) is 5.55. The molecule has 0 aliphatic heterocycles. The molecule has 2 rings (SSSR count). The van der Waals surface area contributed by atoms with E-state index in [1.165, 1.54) is 21.6 Å². The summed E-state index contributed by atoms with van der Waals surface area (Å²) in [6.07, 6.45) is 1.85. The second-order valence-electron chi connectivity index (χ2n) is 4.49. The van der Waals surface area contributed by atoms with E-state index >= 15 is 0 Å². The first kappa shape index (κ1) is 13.1. The fourth-order valence-corrected chi connectivity index (χ4v) is 2.98. The summed E-state index contributed by atoms with van der Waals surface area (Å²) in [4.78, 5) is 5.71. The second-order valence-corrected chi connectivity index (χ2v) is 5.52. The first-order chi connectivity index (χ1) is 8.61. The number of hydrogen-bond donors (Lipinski definition) is 1. The zero-order chi connectivity index (χ0) is 13.1. The van der Waals surface area contributed by atoms with Crippen molar-refractivity contribution in [3.05, 3.63) is 52.7 Å². The predicted octanol–water partition coefficient (Wildman–Crippen LogP) is 3.62. The molecule has 2 aromatic rings. The lowest BCUT2D eigenvalue weighted by Gasteiger charge is -2.11. The number of nitrogens with two attached hydrogens (primary N) is 1. The fraction of sp³-hybridized carbons (Fsp3) is 0.267. The third-order valence-electron chi connectivity index (χ3n) is 3.00. The normalized spacial score (nSPS) is 10.7. The third-order valence-corrected chi connectivity index (χ3v) is 4.21. The van der Waals surface area contributed by atoms with E-state index in [0.717, 1.165) is 10.6 Å². The predicted molar refractivity (Wildman–Crippen MR) is 76.9 cm³/mol. The van der Waals surface area contributed by atoms with Crippen LogP contribution in [0.5, 0.6) is 0 Å². The molecule has 0 unspecified atom stereocenters. The lowest BCUT2D eigenvalue weighted by Crippen LogP contribution is -2.02. The molecular formula is C15H18N2S. The largest absolute Gasteiger partial charge is 0.326 e. The van der Waals surface area contributed by atoms with Crippen LogP contribution in [-0.2, 0) is 6.54 Å². The van der Waals surface area contributed by atoms with Crippen LogP contribution in [0.3, 0.4) is 0 Å². The molecule has 2 N–H and O–H groups in total. The third kappa shape index (κ3) is 2.74. The highest BCUT2D eigenvalue weighted by Gasteiger charge is 2.09. The maximum absolute atomic E-state index is 5.82. The Balaban J connectivity index is 2.40. The zero-order valence-electron chi connectivity index (χ0n) is 11.0. The molecule has 1 aromatic heterocycles. The highest BCUT2D eigenvalue weighted by molar-refractivity contribution is 7.99. The van der Waals surface area contributed by atoms with Crippen LogP contribution in [0.1, 0.15) is 22.3 Å². The van der Waals surface area contributed by atoms with E-state index in [1.807, 2.05) is 12.3 Å². The minimum atomic E-state index is 0.535. The zero-order valence-corrected chi connectivity index (χ0v) is 11.8. The van der Waals surface area contributed by atoms with Crippen molar-refractivity contribution in [2.24, 2.45) is 5.73 Å². The molecule has 1 heterocycles. The molecule has 0 saturated heterocycles. The maximum Gasteiger partial charge on any atom is 0.105 e. The molecule has 0 bridgehead atoms. The Morgan fingerprint density at radius 3 is 2.61 bits per heavy atom. The quantitative estimate of drug-likeness (QED) is 0.914.